The number of amides is 4. The summed E-state index contributed by atoms with van der Waals surface area (Å²) in [6.07, 6.45) is 1.96. The number of rotatable bonds is 8. The third-order valence-electron chi connectivity index (χ3n) is 5.67. The standard InChI is InChI=1S/C25H41N7O7/c1-8-9-14-36-32-16-10-11-17(31(15-16)23(32)35)19-30-29-18(37-19)12-13-26-20(27-21(33)38-24(2,3)4)28-22(34)39-25(5,6)7/h16-17H,8-15H2,1-7H3,(H2,26,27,28,33,34)/t16-,17-/m0/s1. The fourth-order valence-corrected chi connectivity index (χ4v) is 4.04. The largest absolute Gasteiger partial charge is 0.444 e. The van der Waals surface area contributed by atoms with Gasteiger partial charge in [0.25, 0.3) is 0 Å². The molecule has 218 valence electrons. The lowest BCUT2D eigenvalue weighted by Crippen LogP contribution is -2.44. The number of hydrogen-bond acceptors (Lipinski definition) is 9. The number of alkyl carbamates (subject to hydrolysis) is 1. The number of hydroxylamine groups is 2. The number of ether oxygens (including phenoxy) is 2. The fourth-order valence-electron chi connectivity index (χ4n) is 4.04. The van der Waals surface area contributed by atoms with Crippen LogP contribution in [0.15, 0.2) is 9.41 Å². The van der Waals surface area contributed by atoms with Gasteiger partial charge in [0.2, 0.25) is 17.7 Å². The Bertz CT molecular complexity index is 1040. The zero-order valence-corrected chi connectivity index (χ0v) is 23.9. The molecule has 39 heavy (non-hydrogen) atoms. The van der Waals surface area contributed by atoms with Gasteiger partial charge in [-0.05, 0) is 60.8 Å². The highest BCUT2D eigenvalue weighted by Gasteiger charge is 2.47. The number of guanidine groups is 1. The zero-order chi connectivity index (χ0) is 28.8. The monoisotopic (exact) mass is 551 g/mol. The number of piperidine rings is 1. The summed E-state index contributed by atoms with van der Waals surface area (Å²) < 4.78 is 16.3. The van der Waals surface area contributed by atoms with Crippen molar-refractivity contribution in [2.24, 2.45) is 4.99 Å². The molecule has 0 radical (unpaired) electrons. The van der Waals surface area contributed by atoms with Crippen LogP contribution in [0.2, 0.25) is 0 Å². The van der Waals surface area contributed by atoms with Crippen molar-refractivity contribution in [3.05, 3.63) is 11.8 Å². The van der Waals surface area contributed by atoms with Gasteiger partial charge in [0.05, 0.1) is 12.6 Å². The number of aromatic nitrogens is 2. The van der Waals surface area contributed by atoms with Gasteiger partial charge in [-0.2, -0.15) is 5.06 Å². The number of fused-ring (bicyclic) bond motifs is 2. The highest BCUT2D eigenvalue weighted by Crippen LogP contribution is 2.38. The Labute approximate surface area is 228 Å². The Hall–Kier alpha value is -3.42. The summed E-state index contributed by atoms with van der Waals surface area (Å²) in [4.78, 5) is 48.6. The molecule has 0 saturated carbocycles. The van der Waals surface area contributed by atoms with Crippen molar-refractivity contribution in [1.82, 2.24) is 30.8 Å². The molecule has 2 aliphatic heterocycles. The predicted molar refractivity (Wildman–Crippen MR) is 140 cm³/mol. The zero-order valence-electron chi connectivity index (χ0n) is 23.9. The summed E-state index contributed by atoms with van der Waals surface area (Å²) in [6.45, 7) is 13.6. The van der Waals surface area contributed by atoms with E-state index in [1.54, 1.807) is 46.4 Å². The van der Waals surface area contributed by atoms with Crippen molar-refractivity contribution in [3.63, 3.8) is 0 Å². The number of carbonyl (C=O) groups excluding carboxylic acids is 3. The molecule has 14 nitrogen and oxygen atoms in total. The molecule has 1 aromatic rings. The first kappa shape index (κ1) is 30.1. The van der Waals surface area contributed by atoms with Crippen molar-refractivity contribution in [2.45, 2.75) is 104 Å². The van der Waals surface area contributed by atoms with Gasteiger partial charge in [-0.1, -0.05) is 13.3 Å². The van der Waals surface area contributed by atoms with E-state index in [1.807, 2.05) is 0 Å². The molecule has 0 spiro atoms. The molecule has 2 fully saturated rings. The van der Waals surface area contributed by atoms with Crippen molar-refractivity contribution < 1.29 is 33.1 Å². The minimum Gasteiger partial charge on any atom is -0.444 e. The van der Waals surface area contributed by atoms with Gasteiger partial charge < -0.3 is 24.1 Å². The van der Waals surface area contributed by atoms with Gasteiger partial charge in [0.15, 0.2) is 0 Å². The Balaban J connectivity index is 1.59. The molecule has 4 amide bonds. The van der Waals surface area contributed by atoms with Crippen LogP contribution in [-0.4, -0.2) is 81.3 Å². The van der Waals surface area contributed by atoms with Crippen LogP contribution >= 0.6 is 0 Å². The van der Waals surface area contributed by atoms with Gasteiger partial charge in [0, 0.05) is 19.5 Å². The summed E-state index contributed by atoms with van der Waals surface area (Å²) in [7, 11) is 0. The van der Waals surface area contributed by atoms with Gasteiger partial charge in [-0.15, -0.1) is 15.2 Å². The molecule has 0 aliphatic carbocycles. The van der Waals surface area contributed by atoms with Crippen LogP contribution in [0.25, 0.3) is 0 Å². The number of carbonyl (C=O) groups is 3. The lowest BCUT2D eigenvalue weighted by atomic mass is 10.0. The SMILES string of the molecule is CCCCON1C(=O)N2C[C@@H]1CC[C@H]2c1nnc(CCN/C(=N\C(=O)OC(C)(C)C)NC(=O)OC(C)(C)C)o1. The average Bonchev–Trinajstić information content (AvgIpc) is 3.35. The summed E-state index contributed by atoms with van der Waals surface area (Å²) in [5, 5.41) is 15.1. The van der Waals surface area contributed by atoms with E-state index < -0.39 is 23.4 Å². The quantitative estimate of drug-likeness (QED) is 0.277. The molecule has 2 atom stereocenters. The number of aliphatic imine (C=N–C) groups is 1. The normalized spacial score (nSPS) is 19.8. The molecule has 2 bridgehead atoms. The fraction of sp³-hybridized carbons (Fsp3) is 0.760. The molecule has 0 unspecified atom stereocenters. The highest BCUT2D eigenvalue weighted by atomic mass is 16.7. The second-order valence-corrected chi connectivity index (χ2v) is 11.5. The Morgan fingerprint density at radius 3 is 2.49 bits per heavy atom. The van der Waals surface area contributed by atoms with E-state index in [1.165, 1.54) is 5.06 Å². The molecule has 3 heterocycles. The molecular formula is C25H41N7O7. The van der Waals surface area contributed by atoms with E-state index in [9.17, 15) is 14.4 Å². The molecule has 0 aromatic carbocycles. The summed E-state index contributed by atoms with van der Waals surface area (Å²) >= 11 is 0. The topological polar surface area (TPSA) is 161 Å². The average molecular weight is 552 g/mol. The third kappa shape index (κ3) is 9.08. The van der Waals surface area contributed by atoms with Gasteiger partial charge in [-0.3, -0.25) is 10.2 Å². The maximum absolute atomic E-state index is 12.9. The Kier molecular flexibility index (Phi) is 9.75. The molecule has 2 saturated heterocycles. The third-order valence-corrected chi connectivity index (χ3v) is 5.67. The van der Waals surface area contributed by atoms with Crippen LogP contribution in [0.1, 0.15) is 92.0 Å². The molecule has 1 aromatic heterocycles. The number of nitrogens with zero attached hydrogens (tertiary/aromatic N) is 5. The van der Waals surface area contributed by atoms with E-state index in [0.717, 1.165) is 19.3 Å². The highest BCUT2D eigenvalue weighted by molar-refractivity contribution is 5.98. The van der Waals surface area contributed by atoms with Crippen molar-refractivity contribution in [3.8, 4) is 0 Å². The van der Waals surface area contributed by atoms with E-state index in [0.29, 0.717) is 31.4 Å². The predicted octanol–water partition coefficient (Wildman–Crippen LogP) is 3.69. The second-order valence-electron chi connectivity index (χ2n) is 11.5. The number of hydrogen-bond donors (Lipinski definition) is 2. The van der Waals surface area contributed by atoms with Crippen molar-refractivity contribution in [1.29, 1.82) is 0 Å². The van der Waals surface area contributed by atoms with E-state index in [2.05, 4.69) is 32.7 Å². The van der Waals surface area contributed by atoms with Crippen LogP contribution in [0.4, 0.5) is 14.4 Å². The van der Waals surface area contributed by atoms with Crippen LogP contribution in [0.5, 0.6) is 0 Å². The maximum Gasteiger partial charge on any atom is 0.437 e. The van der Waals surface area contributed by atoms with Crippen LogP contribution in [0, 0.1) is 0 Å². The van der Waals surface area contributed by atoms with E-state index in [-0.39, 0.29) is 37.0 Å². The lowest BCUT2D eigenvalue weighted by molar-refractivity contribution is -0.130. The van der Waals surface area contributed by atoms with Gasteiger partial charge in [-0.25, -0.2) is 14.4 Å². The first-order valence-corrected chi connectivity index (χ1v) is 13.4. The first-order valence-electron chi connectivity index (χ1n) is 13.4. The van der Waals surface area contributed by atoms with Crippen LogP contribution in [0.3, 0.4) is 0 Å². The molecular weight excluding hydrogens is 510 g/mol. The van der Waals surface area contributed by atoms with Crippen LogP contribution in [-0.2, 0) is 20.7 Å². The van der Waals surface area contributed by atoms with Gasteiger partial charge >= 0.3 is 18.2 Å². The second kappa shape index (κ2) is 12.6. The van der Waals surface area contributed by atoms with E-state index >= 15 is 0 Å². The first-order chi connectivity index (χ1) is 18.3. The number of nitrogens with one attached hydrogen (secondary N) is 2. The number of unbranched alkanes of at least 4 members (excludes halogenated alkanes) is 1. The van der Waals surface area contributed by atoms with E-state index in [4.69, 9.17) is 18.7 Å². The molecule has 14 heteroatoms. The Morgan fingerprint density at radius 1 is 1.10 bits per heavy atom. The summed E-state index contributed by atoms with van der Waals surface area (Å²) in [5.74, 6) is 0.556. The summed E-state index contributed by atoms with van der Waals surface area (Å²) in [6, 6.07) is -0.477. The van der Waals surface area contributed by atoms with Crippen molar-refractivity contribution >= 4 is 24.2 Å². The lowest BCUT2D eigenvalue weighted by Gasteiger charge is -2.27. The Morgan fingerprint density at radius 2 is 1.82 bits per heavy atom. The van der Waals surface area contributed by atoms with Crippen molar-refractivity contribution in [2.75, 3.05) is 19.7 Å². The molecule has 2 aliphatic rings. The molecule has 3 rings (SSSR count). The van der Waals surface area contributed by atoms with Gasteiger partial charge in [0.1, 0.15) is 17.2 Å². The smallest absolute Gasteiger partial charge is 0.437 e. The summed E-state index contributed by atoms with van der Waals surface area (Å²) in [5.41, 5.74) is -1.50. The minimum atomic E-state index is -0.875. The maximum atomic E-state index is 12.9. The van der Waals surface area contributed by atoms with Crippen LogP contribution < -0.4 is 10.6 Å². The number of urea groups is 1. The minimum absolute atomic E-state index is 0.0253. The molecule has 2 N–H and O–H groups in total.